The van der Waals surface area contributed by atoms with Gasteiger partial charge in [-0.15, -0.1) is 0 Å². The van der Waals surface area contributed by atoms with Crippen molar-refractivity contribution >= 4 is 5.82 Å². The second-order valence-electron chi connectivity index (χ2n) is 4.83. The summed E-state index contributed by atoms with van der Waals surface area (Å²) < 4.78 is 1.66. The lowest BCUT2D eigenvalue weighted by atomic mass is 10.0. The van der Waals surface area contributed by atoms with Crippen molar-refractivity contribution < 1.29 is 5.11 Å². The number of nitrogens with zero attached hydrogens (tertiary/aromatic N) is 3. The van der Waals surface area contributed by atoms with E-state index in [1.54, 1.807) is 11.7 Å². The van der Waals surface area contributed by atoms with E-state index in [2.05, 4.69) is 16.5 Å². The molecule has 5 nitrogen and oxygen atoms in total. The molecule has 92 valence electrons. The Morgan fingerprint density at radius 2 is 2.18 bits per heavy atom. The third-order valence-electron chi connectivity index (χ3n) is 3.45. The van der Waals surface area contributed by atoms with Crippen LogP contribution in [0.25, 0.3) is 0 Å². The van der Waals surface area contributed by atoms with Gasteiger partial charge in [-0.25, -0.2) is 0 Å². The largest absolute Gasteiger partial charge is 0.388 e. The molecule has 0 aliphatic heterocycles. The Morgan fingerprint density at radius 1 is 1.53 bits per heavy atom. The molecule has 0 bridgehead atoms. The minimum Gasteiger partial charge on any atom is -0.388 e. The number of nitriles is 1. The fraction of sp³-hybridized carbons (Fsp3) is 0.667. The highest BCUT2D eigenvalue weighted by molar-refractivity contribution is 5.55. The van der Waals surface area contributed by atoms with Crippen LogP contribution in [0.4, 0.5) is 5.82 Å². The summed E-state index contributed by atoms with van der Waals surface area (Å²) in [7, 11) is 1.80. The fourth-order valence-corrected chi connectivity index (χ4v) is 2.45. The van der Waals surface area contributed by atoms with Crippen molar-refractivity contribution in [3.8, 4) is 6.07 Å². The molecule has 1 aliphatic rings. The minimum atomic E-state index is -0.620. The number of hydrogen-bond acceptors (Lipinski definition) is 4. The molecule has 0 aromatic carbocycles. The average molecular weight is 234 g/mol. The second-order valence-corrected chi connectivity index (χ2v) is 4.83. The van der Waals surface area contributed by atoms with Crippen LogP contribution >= 0.6 is 0 Å². The summed E-state index contributed by atoms with van der Waals surface area (Å²) in [6, 6.07) is 2.15. The number of rotatable bonds is 3. The Hall–Kier alpha value is -1.54. The first-order chi connectivity index (χ1) is 8.06. The molecule has 0 amide bonds. The minimum absolute atomic E-state index is 0.487. The summed E-state index contributed by atoms with van der Waals surface area (Å²) in [5.41, 5.74) is 0.662. The molecule has 0 radical (unpaired) electrons. The molecule has 0 atom stereocenters. The summed E-state index contributed by atoms with van der Waals surface area (Å²) in [4.78, 5) is 0. The van der Waals surface area contributed by atoms with Gasteiger partial charge in [-0.05, 0) is 19.8 Å². The SMILES string of the molecule is Cc1nn(C)c(NCC2(O)CCCC2)c1C#N. The molecule has 1 heterocycles. The molecule has 1 fully saturated rings. The number of aryl methyl sites for hydroxylation is 2. The van der Waals surface area contributed by atoms with Crippen LogP contribution in [-0.4, -0.2) is 27.0 Å². The van der Waals surface area contributed by atoms with E-state index in [0.29, 0.717) is 17.9 Å². The lowest BCUT2D eigenvalue weighted by Gasteiger charge is -2.23. The van der Waals surface area contributed by atoms with Gasteiger partial charge in [0.1, 0.15) is 17.5 Å². The van der Waals surface area contributed by atoms with Crippen molar-refractivity contribution in [2.24, 2.45) is 7.05 Å². The molecule has 1 aliphatic carbocycles. The molecule has 1 saturated carbocycles. The van der Waals surface area contributed by atoms with Gasteiger partial charge in [0, 0.05) is 13.6 Å². The number of aromatic nitrogens is 2. The molecule has 1 aromatic rings. The molecule has 2 N–H and O–H groups in total. The Morgan fingerprint density at radius 3 is 2.76 bits per heavy atom. The van der Waals surface area contributed by atoms with Crippen molar-refractivity contribution in [3.63, 3.8) is 0 Å². The van der Waals surface area contributed by atoms with Crippen LogP contribution in [0.15, 0.2) is 0 Å². The standard InChI is InChI=1S/C12H18N4O/c1-9-10(7-13)11(16(2)15-9)14-8-12(17)5-3-4-6-12/h14,17H,3-6,8H2,1-2H3. The van der Waals surface area contributed by atoms with Crippen LogP contribution in [0.3, 0.4) is 0 Å². The average Bonchev–Trinajstić information content (AvgIpc) is 2.81. The molecule has 0 unspecified atom stereocenters. The highest BCUT2D eigenvalue weighted by Gasteiger charge is 2.31. The van der Waals surface area contributed by atoms with Gasteiger partial charge in [-0.2, -0.15) is 10.4 Å². The first-order valence-electron chi connectivity index (χ1n) is 5.96. The third-order valence-corrected chi connectivity index (χ3v) is 3.45. The van der Waals surface area contributed by atoms with Crippen LogP contribution in [0.5, 0.6) is 0 Å². The van der Waals surface area contributed by atoms with Crippen LogP contribution in [0.2, 0.25) is 0 Å². The molecule has 0 saturated heterocycles. The molecule has 2 rings (SSSR count). The maximum Gasteiger partial charge on any atom is 0.142 e. The first kappa shape index (κ1) is 11.9. The predicted octanol–water partition coefficient (Wildman–Crippen LogP) is 1.32. The normalized spacial score (nSPS) is 18.0. The molecule has 1 aromatic heterocycles. The zero-order valence-corrected chi connectivity index (χ0v) is 10.3. The number of hydrogen-bond donors (Lipinski definition) is 2. The van der Waals surface area contributed by atoms with E-state index in [-0.39, 0.29) is 0 Å². The van der Waals surface area contributed by atoms with Crippen molar-refractivity contribution in [2.45, 2.75) is 38.2 Å². The van der Waals surface area contributed by atoms with Crippen LogP contribution in [-0.2, 0) is 7.05 Å². The van der Waals surface area contributed by atoms with Crippen LogP contribution in [0.1, 0.15) is 36.9 Å². The van der Waals surface area contributed by atoms with Gasteiger partial charge in [0.25, 0.3) is 0 Å². The van der Waals surface area contributed by atoms with E-state index in [1.807, 2.05) is 6.92 Å². The van der Waals surface area contributed by atoms with E-state index >= 15 is 0 Å². The predicted molar refractivity (Wildman–Crippen MR) is 64.6 cm³/mol. The maximum absolute atomic E-state index is 10.2. The second kappa shape index (κ2) is 4.38. The van der Waals surface area contributed by atoms with Gasteiger partial charge < -0.3 is 10.4 Å². The monoisotopic (exact) mass is 234 g/mol. The van der Waals surface area contributed by atoms with Gasteiger partial charge >= 0.3 is 0 Å². The van der Waals surface area contributed by atoms with Crippen molar-refractivity contribution in [3.05, 3.63) is 11.3 Å². The van der Waals surface area contributed by atoms with E-state index < -0.39 is 5.60 Å². The first-order valence-corrected chi connectivity index (χ1v) is 5.96. The van der Waals surface area contributed by atoms with Gasteiger partial charge in [0.15, 0.2) is 0 Å². The molecule has 0 spiro atoms. The summed E-state index contributed by atoms with van der Waals surface area (Å²) in [5, 5.41) is 26.7. The highest BCUT2D eigenvalue weighted by Crippen LogP contribution is 2.30. The summed E-state index contributed by atoms with van der Waals surface area (Å²) in [5.74, 6) is 0.699. The van der Waals surface area contributed by atoms with Crippen LogP contribution < -0.4 is 5.32 Å². The van der Waals surface area contributed by atoms with Gasteiger partial charge in [0.05, 0.1) is 11.3 Å². The van der Waals surface area contributed by atoms with Gasteiger partial charge in [0.2, 0.25) is 0 Å². The van der Waals surface area contributed by atoms with Gasteiger partial charge in [-0.1, -0.05) is 12.8 Å². The Labute approximate surface area is 101 Å². The quantitative estimate of drug-likeness (QED) is 0.827. The lowest BCUT2D eigenvalue weighted by Crippen LogP contribution is -2.34. The Balaban J connectivity index is 2.11. The highest BCUT2D eigenvalue weighted by atomic mass is 16.3. The fourth-order valence-electron chi connectivity index (χ4n) is 2.45. The Kier molecular flexibility index (Phi) is 3.07. The van der Waals surface area contributed by atoms with Crippen LogP contribution in [0, 0.1) is 18.3 Å². The Bertz CT molecular complexity index is 452. The molecule has 17 heavy (non-hydrogen) atoms. The smallest absolute Gasteiger partial charge is 0.142 e. The number of aliphatic hydroxyl groups is 1. The zero-order chi connectivity index (χ0) is 12.5. The van der Waals surface area contributed by atoms with Crippen molar-refractivity contribution in [1.82, 2.24) is 9.78 Å². The summed E-state index contributed by atoms with van der Waals surface area (Å²) in [6.07, 6.45) is 3.82. The van der Waals surface area contributed by atoms with Crippen molar-refractivity contribution in [1.29, 1.82) is 5.26 Å². The van der Waals surface area contributed by atoms with E-state index in [0.717, 1.165) is 31.4 Å². The van der Waals surface area contributed by atoms with E-state index in [1.165, 1.54) is 0 Å². The summed E-state index contributed by atoms with van der Waals surface area (Å²) >= 11 is 0. The van der Waals surface area contributed by atoms with Gasteiger partial charge in [-0.3, -0.25) is 4.68 Å². The topological polar surface area (TPSA) is 73.9 Å². The molecular formula is C12H18N4O. The number of anilines is 1. The number of nitrogens with one attached hydrogen (secondary N) is 1. The summed E-state index contributed by atoms with van der Waals surface area (Å²) in [6.45, 7) is 2.30. The zero-order valence-electron chi connectivity index (χ0n) is 10.3. The third kappa shape index (κ3) is 2.27. The maximum atomic E-state index is 10.2. The van der Waals surface area contributed by atoms with E-state index in [9.17, 15) is 5.11 Å². The molecular weight excluding hydrogens is 216 g/mol. The molecule has 5 heteroatoms. The lowest BCUT2D eigenvalue weighted by molar-refractivity contribution is 0.0613. The van der Waals surface area contributed by atoms with E-state index in [4.69, 9.17) is 5.26 Å². The van der Waals surface area contributed by atoms with Crippen molar-refractivity contribution in [2.75, 3.05) is 11.9 Å².